The van der Waals surface area contributed by atoms with E-state index in [1.807, 2.05) is 18.2 Å². The van der Waals surface area contributed by atoms with E-state index in [0.717, 1.165) is 5.56 Å². The van der Waals surface area contributed by atoms with Gasteiger partial charge in [-0.25, -0.2) is 0 Å². The van der Waals surface area contributed by atoms with Crippen molar-refractivity contribution in [2.24, 2.45) is 5.73 Å². The SMILES string of the molecule is COc1cc(C(=O)Nc2ccc(OCc3ccccc3Cl)cc2)cc(Cl)c1OCC(N)=O. The predicted molar refractivity (Wildman–Crippen MR) is 123 cm³/mol. The molecule has 0 aliphatic rings. The van der Waals surface area contributed by atoms with Gasteiger partial charge in [-0.05, 0) is 42.5 Å². The summed E-state index contributed by atoms with van der Waals surface area (Å²) in [5.74, 6) is -0.110. The van der Waals surface area contributed by atoms with Gasteiger partial charge in [0.05, 0.1) is 12.1 Å². The number of ether oxygens (including phenoxy) is 3. The zero-order valence-corrected chi connectivity index (χ0v) is 18.6. The Bertz CT molecular complexity index is 1120. The van der Waals surface area contributed by atoms with Gasteiger partial charge in [-0.15, -0.1) is 0 Å². The highest BCUT2D eigenvalue weighted by Crippen LogP contribution is 2.36. The number of nitrogens with one attached hydrogen (secondary N) is 1. The molecule has 0 unspecified atom stereocenters. The van der Waals surface area contributed by atoms with Gasteiger partial charge in [0, 0.05) is 21.8 Å². The summed E-state index contributed by atoms with van der Waals surface area (Å²) in [5.41, 5.74) is 6.77. The van der Waals surface area contributed by atoms with Crippen LogP contribution in [0.2, 0.25) is 10.0 Å². The van der Waals surface area contributed by atoms with Crippen molar-refractivity contribution in [3.63, 3.8) is 0 Å². The van der Waals surface area contributed by atoms with Crippen molar-refractivity contribution in [2.45, 2.75) is 6.61 Å². The van der Waals surface area contributed by atoms with E-state index >= 15 is 0 Å². The number of nitrogens with two attached hydrogens (primary N) is 1. The van der Waals surface area contributed by atoms with Crippen LogP contribution < -0.4 is 25.3 Å². The van der Waals surface area contributed by atoms with Crippen LogP contribution in [0.3, 0.4) is 0 Å². The summed E-state index contributed by atoms with van der Waals surface area (Å²) in [6.07, 6.45) is 0. The first kappa shape index (κ1) is 23.2. The Labute approximate surface area is 195 Å². The van der Waals surface area contributed by atoms with E-state index in [0.29, 0.717) is 23.1 Å². The normalized spacial score (nSPS) is 10.3. The number of amides is 2. The second kappa shape index (κ2) is 10.7. The molecule has 3 aromatic rings. The van der Waals surface area contributed by atoms with Gasteiger partial charge in [-0.1, -0.05) is 41.4 Å². The Kier molecular flexibility index (Phi) is 7.81. The molecular weight excluding hydrogens is 455 g/mol. The molecule has 0 saturated carbocycles. The topological polar surface area (TPSA) is 99.9 Å². The fourth-order valence-corrected chi connectivity index (χ4v) is 3.20. The maximum atomic E-state index is 12.7. The molecule has 32 heavy (non-hydrogen) atoms. The largest absolute Gasteiger partial charge is 0.493 e. The third-order valence-electron chi connectivity index (χ3n) is 4.31. The lowest BCUT2D eigenvalue weighted by molar-refractivity contribution is -0.119. The molecule has 0 aliphatic heterocycles. The zero-order valence-electron chi connectivity index (χ0n) is 17.1. The minimum Gasteiger partial charge on any atom is -0.493 e. The molecule has 0 radical (unpaired) electrons. The van der Waals surface area contributed by atoms with Crippen LogP contribution in [-0.2, 0) is 11.4 Å². The van der Waals surface area contributed by atoms with Crippen LogP contribution in [0.15, 0.2) is 60.7 Å². The Balaban J connectivity index is 1.65. The number of carbonyl (C=O) groups is 2. The lowest BCUT2D eigenvalue weighted by atomic mass is 10.1. The maximum absolute atomic E-state index is 12.7. The van der Waals surface area contributed by atoms with Crippen LogP contribution in [-0.4, -0.2) is 25.5 Å². The number of halogens is 2. The van der Waals surface area contributed by atoms with E-state index in [1.165, 1.54) is 19.2 Å². The summed E-state index contributed by atoms with van der Waals surface area (Å²) in [6.45, 7) is -0.0413. The third kappa shape index (κ3) is 6.06. The van der Waals surface area contributed by atoms with E-state index in [9.17, 15) is 9.59 Å². The lowest BCUT2D eigenvalue weighted by Crippen LogP contribution is -2.20. The molecule has 0 aromatic heterocycles. The summed E-state index contributed by atoms with van der Waals surface area (Å²) in [6, 6.07) is 17.2. The standard InChI is InChI=1S/C23H20Cl2N2O5/c1-30-20-11-15(10-19(25)22(20)32-13-21(26)28)23(29)27-16-6-8-17(9-7-16)31-12-14-4-2-3-5-18(14)24/h2-11H,12-13H2,1H3,(H2,26,28)(H,27,29). The van der Waals surface area contributed by atoms with E-state index in [1.54, 1.807) is 30.3 Å². The van der Waals surface area contributed by atoms with Crippen LogP contribution >= 0.6 is 23.2 Å². The van der Waals surface area contributed by atoms with Crippen molar-refractivity contribution in [3.8, 4) is 17.2 Å². The van der Waals surface area contributed by atoms with Crippen molar-refractivity contribution < 1.29 is 23.8 Å². The number of anilines is 1. The lowest BCUT2D eigenvalue weighted by Gasteiger charge is -2.13. The molecule has 0 heterocycles. The van der Waals surface area contributed by atoms with E-state index in [2.05, 4.69) is 5.32 Å². The second-order valence-electron chi connectivity index (χ2n) is 6.60. The Morgan fingerprint density at radius 3 is 2.34 bits per heavy atom. The molecule has 166 valence electrons. The first-order chi connectivity index (χ1) is 15.4. The van der Waals surface area contributed by atoms with Gasteiger partial charge in [0.1, 0.15) is 12.4 Å². The summed E-state index contributed by atoms with van der Waals surface area (Å²) < 4.78 is 16.2. The highest BCUT2D eigenvalue weighted by Gasteiger charge is 2.17. The monoisotopic (exact) mass is 474 g/mol. The molecule has 2 amide bonds. The highest BCUT2D eigenvalue weighted by molar-refractivity contribution is 6.33. The van der Waals surface area contributed by atoms with Crippen LogP contribution in [0.5, 0.6) is 17.2 Å². The average Bonchev–Trinajstić information content (AvgIpc) is 2.78. The highest BCUT2D eigenvalue weighted by atomic mass is 35.5. The number of rotatable bonds is 9. The van der Waals surface area contributed by atoms with Crippen molar-refractivity contribution in [3.05, 3.63) is 81.8 Å². The molecule has 0 spiro atoms. The minimum absolute atomic E-state index is 0.110. The minimum atomic E-state index is -0.663. The molecule has 7 nitrogen and oxygen atoms in total. The van der Waals surface area contributed by atoms with Gasteiger partial charge < -0.3 is 25.3 Å². The number of primary amides is 1. The summed E-state index contributed by atoms with van der Waals surface area (Å²) >= 11 is 12.3. The zero-order chi connectivity index (χ0) is 23.1. The van der Waals surface area contributed by atoms with Crippen molar-refractivity contribution in [1.29, 1.82) is 0 Å². The molecule has 3 aromatic carbocycles. The van der Waals surface area contributed by atoms with Gasteiger partial charge in [0.2, 0.25) is 0 Å². The van der Waals surface area contributed by atoms with Gasteiger partial charge in [-0.3, -0.25) is 9.59 Å². The van der Waals surface area contributed by atoms with Crippen LogP contribution in [0.1, 0.15) is 15.9 Å². The average molecular weight is 475 g/mol. The molecule has 9 heteroatoms. The van der Waals surface area contributed by atoms with Crippen molar-refractivity contribution in [2.75, 3.05) is 19.0 Å². The molecule has 0 aliphatic carbocycles. The van der Waals surface area contributed by atoms with Crippen molar-refractivity contribution in [1.82, 2.24) is 0 Å². The Morgan fingerprint density at radius 2 is 1.69 bits per heavy atom. The predicted octanol–water partition coefficient (Wildman–Crippen LogP) is 4.70. The summed E-state index contributed by atoms with van der Waals surface area (Å²) in [5, 5.41) is 3.52. The second-order valence-corrected chi connectivity index (χ2v) is 7.42. The molecule has 0 fully saturated rings. The first-order valence-electron chi connectivity index (χ1n) is 9.43. The Hall–Kier alpha value is -3.42. The van der Waals surface area contributed by atoms with Gasteiger partial charge in [0.25, 0.3) is 11.8 Å². The molecule has 0 bridgehead atoms. The van der Waals surface area contributed by atoms with E-state index in [-0.39, 0.29) is 28.7 Å². The fourth-order valence-electron chi connectivity index (χ4n) is 2.75. The first-order valence-corrected chi connectivity index (χ1v) is 10.2. The van der Waals surface area contributed by atoms with E-state index < -0.39 is 11.8 Å². The molecule has 3 N–H and O–H groups in total. The van der Waals surface area contributed by atoms with Crippen LogP contribution in [0.4, 0.5) is 5.69 Å². The summed E-state index contributed by atoms with van der Waals surface area (Å²) in [7, 11) is 1.39. The van der Waals surface area contributed by atoms with Crippen LogP contribution in [0, 0.1) is 0 Å². The smallest absolute Gasteiger partial charge is 0.255 e. The van der Waals surface area contributed by atoms with Crippen LogP contribution in [0.25, 0.3) is 0 Å². The summed E-state index contributed by atoms with van der Waals surface area (Å²) in [4.78, 5) is 23.6. The number of hydrogen-bond donors (Lipinski definition) is 2. The molecule has 0 saturated heterocycles. The molecular formula is C23H20Cl2N2O5. The number of methoxy groups -OCH3 is 1. The molecule has 0 atom stereocenters. The quantitative estimate of drug-likeness (QED) is 0.468. The van der Waals surface area contributed by atoms with Gasteiger partial charge >= 0.3 is 0 Å². The third-order valence-corrected chi connectivity index (χ3v) is 4.96. The van der Waals surface area contributed by atoms with E-state index in [4.69, 9.17) is 43.1 Å². The fraction of sp³-hybridized carbons (Fsp3) is 0.130. The van der Waals surface area contributed by atoms with Gasteiger partial charge in [-0.2, -0.15) is 0 Å². The van der Waals surface area contributed by atoms with Gasteiger partial charge in [0.15, 0.2) is 18.1 Å². The molecule has 3 rings (SSSR count). The number of hydrogen-bond acceptors (Lipinski definition) is 5. The number of benzene rings is 3. The Morgan fingerprint density at radius 1 is 0.969 bits per heavy atom. The number of carbonyl (C=O) groups excluding carboxylic acids is 2. The maximum Gasteiger partial charge on any atom is 0.255 e. The van der Waals surface area contributed by atoms with Crippen molar-refractivity contribution >= 4 is 40.7 Å².